The van der Waals surface area contributed by atoms with Gasteiger partial charge in [-0.1, -0.05) is 36.0 Å². The molecule has 11 heavy (non-hydrogen) atoms. The highest BCUT2D eigenvalue weighted by Gasteiger charge is 2.14. The second-order valence-corrected chi connectivity index (χ2v) is 3.14. The predicted octanol–water partition coefficient (Wildman–Crippen LogP) is 2.04. The van der Waals surface area contributed by atoms with Gasteiger partial charge < -0.3 is 5.32 Å². The average molecular weight is 149 g/mol. The highest BCUT2D eigenvalue weighted by Crippen LogP contribution is 2.14. The maximum Gasteiger partial charge on any atom is 0.0527 e. The molecule has 0 heterocycles. The molecule has 60 valence electrons. The van der Waals surface area contributed by atoms with Crippen molar-refractivity contribution in [1.29, 1.82) is 0 Å². The Labute approximate surface area is 68.5 Å². The Hall–Kier alpha value is -0.820. The molecule has 0 spiro atoms. The fourth-order valence-corrected chi connectivity index (χ4v) is 1.19. The van der Waals surface area contributed by atoms with E-state index in [-0.39, 0.29) is 5.54 Å². The van der Waals surface area contributed by atoms with E-state index in [1.54, 1.807) is 0 Å². The van der Waals surface area contributed by atoms with Crippen LogP contribution in [-0.4, -0.2) is 12.6 Å². The quantitative estimate of drug-likeness (QED) is 0.601. The molecule has 1 aliphatic carbocycles. The maximum absolute atomic E-state index is 3.25. The van der Waals surface area contributed by atoms with Crippen molar-refractivity contribution in [1.82, 2.24) is 5.32 Å². The standard InChI is InChI=1S/C10H15N/c1-9-6-4-5-7-10(2,8-9)11-3/h4-8,11H,1-3H3. The molecule has 0 bridgehead atoms. The van der Waals surface area contributed by atoms with E-state index in [1.165, 1.54) is 5.57 Å². The molecule has 0 saturated carbocycles. The lowest BCUT2D eigenvalue weighted by molar-refractivity contribution is 0.587. The van der Waals surface area contributed by atoms with E-state index in [1.807, 2.05) is 7.05 Å². The van der Waals surface area contributed by atoms with Crippen molar-refractivity contribution < 1.29 is 0 Å². The molecule has 0 aromatic heterocycles. The molecule has 0 radical (unpaired) electrons. The molecule has 0 aromatic rings. The lowest BCUT2D eigenvalue weighted by Crippen LogP contribution is -2.35. The largest absolute Gasteiger partial charge is 0.308 e. The Morgan fingerprint density at radius 3 is 2.73 bits per heavy atom. The maximum atomic E-state index is 3.25. The summed E-state index contributed by atoms with van der Waals surface area (Å²) in [5.41, 5.74) is 1.32. The summed E-state index contributed by atoms with van der Waals surface area (Å²) in [4.78, 5) is 0. The van der Waals surface area contributed by atoms with E-state index in [2.05, 4.69) is 49.5 Å². The summed E-state index contributed by atoms with van der Waals surface area (Å²) in [6.45, 7) is 4.26. The van der Waals surface area contributed by atoms with Gasteiger partial charge in [0.25, 0.3) is 0 Å². The van der Waals surface area contributed by atoms with E-state index >= 15 is 0 Å². The van der Waals surface area contributed by atoms with Gasteiger partial charge in [0, 0.05) is 0 Å². The summed E-state index contributed by atoms with van der Waals surface area (Å²) < 4.78 is 0. The summed E-state index contributed by atoms with van der Waals surface area (Å²) in [6, 6.07) is 0. The third kappa shape index (κ3) is 2.05. The van der Waals surface area contributed by atoms with E-state index in [4.69, 9.17) is 0 Å². The van der Waals surface area contributed by atoms with E-state index in [0.29, 0.717) is 0 Å². The molecule has 0 amide bonds. The van der Waals surface area contributed by atoms with Gasteiger partial charge in [-0.25, -0.2) is 0 Å². The van der Waals surface area contributed by atoms with E-state index in [9.17, 15) is 0 Å². The van der Waals surface area contributed by atoms with E-state index < -0.39 is 0 Å². The number of allylic oxidation sites excluding steroid dienone is 4. The van der Waals surface area contributed by atoms with Gasteiger partial charge in [0.05, 0.1) is 5.54 Å². The first-order valence-corrected chi connectivity index (χ1v) is 3.90. The third-order valence-electron chi connectivity index (χ3n) is 1.98. The molecule has 1 heteroatoms. The fraction of sp³-hybridized carbons (Fsp3) is 0.400. The fourth-order valence-electron chi connectivity index (χ4n) is 1.19. The highest BCUT2D eigenvalue weighted by atomic mass is 14.9. The van der Waals surface area contributed by atoms with Crippen LogP contribution in [0.1, 0.15) is 13.8 Å². The monoisotopic (exact) mass is 149 g/mol. The number of nitrogens with one attached hydrogen (secondary N) is 1. The van der Waals surface area contributed by atoms with Crippen LogP contribution < -0.4 is 5.32 Å². The zero-order valence-electron chi connectivity index (χ0n) is 7.39. The molecule has 0 aliphatic heterocycles. The Morgan fingerprint density at radius 2 is 2.09 bits per heavy atom. The topological polar surface area (TPSA) is 12.0 Å². The van der Waals surface area contributed by atoms with Crippen molar-refractivity contribution in [3.63, 3.8) is 0 Å². The van der Waals surface area contributed by atoms with Gasteiger partial charge in [0.1, 0.15) is 0 Å². The third-order valence-corrected chi connectivity index (χ3v) is 1.98. The molecule has 1 atom stereocenters. The van der Waals surface area contributed by atoms with Gasteiger partial charge in [-0.2, -0.15) is 0 Å². The molecule has 0 aromatic carbocycles. The zero-order chi connectivity index (χ0) is 8.32. The summed E-state index contributed by atoms with van der Waals surface area (Å²) in [5, 5.41) is 3.25. The first-order valence-electron chi connectivity index (χ1n) is 3.90. The van der Waals surface area contributed by atoms with Crippen LogP contribution in [0.4, 0.5) is 0 Å². The number of hydrogen-bond acceptors (Lipinski definition) is 1. The first-order chi connectivity index (χ1) is 5.16. The Morgan fingerprint density at radius 1 is 1.36 bits per heavy atom. The molecule has 0 saturated heterocycles. The minimum absolute atomic E-state index is 0.0214. The summed E-state index contributed by atoms with van der Waals surface area (Å²) in [5.74, 6) is 0. The Kier molecular flexibility index (Phi) is 2.30. The van der Waals surface area contributed by atoms with Crippen molar-refractivity contribution in [2.75, 3.05) is 7.05 Å². The molecular formula is C10H15N. The predicted molar refractivity (Wildman–Crippen MR) is 49.5 cm³/mol. The van der Waals surface area contributed by atoms with Gasteiger partial charge >= 0.3 is 0 Å². The molecule has 1 unspecified atom stereocenters. The molecule has 0 fully saturated rings. The Bertz CT molecular complexity index is 223. The average Bonchev–Trinajstić information content (AvgIpc) is 2.13. The van der Waals surface area contributed by atoms with Crippen LogP contribution in [0.5, 0.6) is 0 Å². The Balaban J connectivity index is 2.92. The number of likely N-dealkylation sites (N-methyl/N-ethyl adjacent to an activating group) is 1. The van der Waals surface area contributed by atoms with Crippen LogP contribution in [0.15, 0.2) is 36.0 Å². The molecular weight excluding hydrogens is 134 g/mol. The smallest absolute Gasteiger partial charge is 0.0527 e. The zero-order valence-corrected chi connectivity index (χ0v) is 7.39. The minimum atomic E-state index is 0.0214. The van der Waals surface area contributed by atoms with Gasteiger partial charge in [-0.15, -0.1) is 0 Å². The second-order valence-electron chi connectivity index (χ2n) is 3.14. The summed E-state index contributed by atoms with van der Waals surface area (Å²) in [7, 11) is 1.97. The van der Waals surface area contributed by atoms with Gasteiger partial charge in [-0.3, -0.25) is 0 Å². The SMILES string of the molecule is CNC1(C)C=CC=CC(C)=C1. The highest BCUT2D eigenvalue weighted by molar-refractivity contribution is 5.32. The van der Waals surface area contributed by atoms with Crippen molar-refractivity contribution in [2.45, 2.75) is 19.4 Å². The van der Waals surface area contributed by atoms with Crippen molar-refractivity contribution in [3.8, 4) is 0 Å². The van der Waals surface area contributed by atoms with Gasteiger partial charge in [-0.05, 0) is 20.9 Å². The summed E-state index contributed by atoms with van der Waals surface area (Å²) >= 11 is 0. The van der Waals surface area contributed by atoms with E-state index in [0.717, 1.165) is 0 Å². The van der Waals surface area contributed by atoms with Crippen LogP contribution in [0, 0.1) is 0 Å². The van der Waals surface area contributed by atoms with Crippen LogP contribution in [0.3, 0.4) is 0 Å². The lowest BCUT2D eigenvalue weighted by atomic mass is 10.0. The van der Waals surface area contributed by atoms with Crippen molar-refractivity contribution in [3.05, 3.63) is 36.0 Å². The van der Waals surface area contributed by atoms with Gasteiger partial charge in [0.2, 0.25) is 0 Å². The second kappa shape index (κ2) is 3.05. The molecule has 1 rings (SSSR count). The van der Waals surface area contributed by atoms with Crippen molar-refractivity contribution >= 4 is 0 Å². The molecule has 1 N–H and O–H groups in total. The van der Waals surface area contributed by atoms with Crippen LogP contribution in [-0.2, 0) is 0 Å². The van der Waals surface area contributed by atoms with Crippen LogP contribution in [0.25, 0.3) is 0 Å². The minimum Gasteiger partial charge on any atom is -0.308 e. The van der Waals surface area contributed by atoms with Gasteiger partial charge in [0.15, 0.2) is 0 Å². The lowest BCUT2D eigenvalue weighted by Gasteiger charge is -2.20. The number of rotatable bonds is 1. The van der Waals surface area contributed by atoms with Crippen molar-refractivity contribution in [2.24, 2.45) is 0 Å². The number of hydrogen-bond donors (Lipinski definition) is 1. The summed E-state index contributed by atoms with van der Waals surface area (Å²) in [6.07, 6.45) is 10.6. The molecule has 1 aliphatic rings. The first kappa shape index (κ1) is 8.28. The normalized spacial score (nSPS) is 29.9. The van der Waals surface area contributed by atoms with Crippen LogP contribution >= 0.6 is 0 Å². The van der Waals surface area contributed by atoms with Crippen LogP contribution in [0.2, 0.25) is 0 Å². The molecule has 1 nitrogen and oxygen atoms in total.